The summed E-state index contributed by atoms with van der Waals surface area (Å²) in [5, 5.41) is 10.8. The van der Waals surface area contributed by atoms with Gasteiger partial charge in [-0.3, -0.25) is 4.79 Å². The molecule has 6 heteroatoms. The fourth-order valence-corrected chi connectivity index (χ4v) is 1.79. The van der Waals surface area contributed by atoms with Crippen molar-refractivity contribution in [1.82, 2.24) is 14.8 Å². The number of amides is 1. The van der Waals surface area contributed by atoms with Gasteiger partial charge in [0.05, 0.1) is 5.69 Å². The predicted molar refractivity (Wildman–Crippen MR) is 73.4 cm³/mol. The molecule has 0 aliphatic heterocycles. The van der Waals surface area contributed by atoms with Crippen molar-refractivity contribution in [3.05, 3.63) is 30.6 Å². The molecule has 0 radical (unpaired) electrons. The van der Waals surface area contributed by atoms with Crippen LogP contribution in [0.3, 0.4) is 0 Å². The van der Waals surface area contributed by atoms with E-state index in [1.807, 2.05) is 35.9 Å². The van der Waals surface area contributed by atoms with Gasteiger partial charge in [-0.1, -0.05) is 12.1 Å². The van der Waals surface area contributed by atoms with Crippen molar-refractivity contribution < 1.29 is 4.79 Å². The predicted octanol–water partition coefficient (Wildman–Crippen LogP) is 1.16. The van der Waals surface area contributed by atoms with E-state index in [4.69, 9.17) is 5.73 Å². The average Bonchev–Trinajstić information content (AvgIpc) is 2.83. The topological polar surface area (TPSA) is 85.8 Å². The molecule has 2 rings (SSSR count). The van der Waals surface area contributed by atoms with E-state index < -0.39 is 0 Å². The summed E-state index contributed by atoms with van der Waals surface area (Å²) in [6.07, 6.45) is 2.73. The number of hydrogen-bond donors (Lipinski definition) is 2. The second kappa shape index (κ2) is 6.10. The first-order chi connectivity index (χ1) is 9.22. The monoisotopic (exact) mass is 259 g/mol. The largest absolute Gasteiger partial charge is 0.330 e. The molecule has 3 N–H and O–H groups in total. The number of anilines is 1. The van der Waals surface area contributed by atoms with Crippen LogP contribution in [-0.2, 0) is 11.8 Å². The number of carbonyl (C=O) groups excluding carboxylic acids is 1. The molecule has 0 atom stereocenters. The molecule has 0 fully saturated rings. The van der Waals surface area contributed by atoms with Gasteiger partial charge < -0.3 is 15.6 Å². The van der Waals surface area contributed by atoms with Crippen molar-refractivity contribution in [3.63, 3.8) is 0 Å². The number of carbonyl (C=O) groups is 1. The number of aryl methyl sites for hydroxylation is 1. The Morgan fingerprint density at radius 3 is 2.89 bits per heavy atom. The lowest BCUT2D eigenvalue weighted by atomic mass is 10.1. The van der Waals surface area contributed by atoms with Crippen molar-refractivity contribution in [2.75, 3.05) is 11.9 Å². The van der Waals surface area contributed by atoms with E-state index in [0.29, 0.717) is 19.4 Å². The molecule has 0 aliphatic carbocycles. The molecule has 6 nitrogen and oxygen atoms in total. The molecule has 1 aromatic carbocycles. The molecule has 1 aromatic heterocycles. The lowest BCUT2D eigenvalue weighted by molar-refractivity contribution is -0.116. The zero-order chi connectivity index (χ0) is 13.7. The summed E-state index contributed by atoms with van der Waals surface area (Å²) in [4.78, 5) is 11.8. The Balaban J connectivity index is 2.22. The Morgan fingerprint density at radius 2 is 2.21 bits per heavy atom. The maximum absolute atomic E-state index is 11.8. The highest BCUT2D eigenvalue weighted by atomic mass is 16.1. The van der Waals surface area contributed by atoms with Gasteiger partial charge in [-0.2, -0.15) is 0 Å². The summed E-state index contributed by atoms with van der Waals surface area (Å²) < 4.78 is 1.81. The van der Waals surface area contributed by atoms with Gasteiger partial charge in [-0.05, 0) is 25.1 Å². The minimum absolute atomic E-state index is 0.0416. The van der Waals surface area contributed by atoms with Gasteiger partial charge >= 0.3 is 0 Å². The molecule has 1 heterocycles. The van der Waals surface area contributed by atoms with Gasteiger partial charge in [-0.25, -0.2) is 0 Å². The lowest BCUT2D eigenvalue weighted by Gasteiger charge is -2.10. The summed E-state index contributed by atoms with van der Waals surface area (Å²) in [5.41, 5.74) is 6.98. The van der Waals surface area contributed by atoms with E-state index in [1.165, 1.54) is 0 Å². The van der Waals surface area contributed by atoms with Crippen LogP contribution in [0.4, 0.5) is 5.69 Å². The second-order valence-corrected chi connectivity index (χ2v) is 4.25. The fourth-order valence-electron chi connectivity index (χ4n) is 1.79. The molecule has 1 amide bonds. The SMILES string of the molecule is Cn1cnnc1-c1ccccc1NC(=O)CCCN. The van der Waals surface area contributed by atoms with Crippen molar-refractivity contribution in [3.8, 4) is 11.4 Å². The van der Waals surface area contributed by atoms with Crippen molar-refractivity contribution in [2.24, 2.45) is 12.8 Å². The van der Waals surface area contributed by atoms with Crippen LogP contribution < -0.4 is 11.1 Å². The van der Waals surface area contributed by atoms with E-state index in [1.54, 1.807) is 6.33 Å². The van der Waals surface area contributed by atoms with Crippen LogP contribution in [0, 0.1) is 0 Å². The number of benzene rings is 1. The highest BCUT2D eigenvalue weighted by Crippen LogP contribution is 2.25. The van der Waals surface area contributed by atoms with Crippen LogP contribution >= 0.6 is 0 Å². The minimum Gasteiger partial charge on any atom is -0.330 e. The van der Waals surface area contributed by atoms with E-state index >= 15 is 0 Å². The number of hydrogen-bond acceptors (Lipinski definition) is 4. The first-order valence-electron chi connectivity index (χ1n) is 6.15. The third-order valence-corrected chi connectivity index (χ3v) is 2.76. The first kappa shape index (κ1) is 13.2. The zero-order valence-corrected chi connectivity index (χ0v) is 10.8. The van der Waals surface area contributed by atoms with Gasteiger partial charge in [0.15, 0.2) is 5.82 Å². The summed E-state index contributed by atoms with van der Waals surface area (Å²) >= 11 is 0. The Labute approximate surface area is 111 Å². The average molecular weight is 259 g/mol. The molecular formula is C13H17N5O. The van der Waals surface area contributed by atoms with Gasteiger partial charge in [-0.15, -0.1) is 10.2 Å². The molecule has 100 valence electrons. The third kappa shape index (κ3) is 3.17. The molecular weight excluding hydrogens is 242 g/mol. The Kier molecular flexibility index (Phi) is 4.25. The summed E-state index contributed by atoms with van der Waals surface area (Å²) in [6, 6.07) is 7.53. The summed E-state index contributed by atoms with van der Waals surface area (Å²) in [7, 11) is 1.86. The van der Waals surface area contributed by atoms with E-state index in [9.17, 15) is 4.79 Å². The Hall–Kier alpha value is -2.21. The maximum Gasteiger partial charge on any atom is 0.224 e. The Bertz CT molecular complexity index is 564. The molecule has 0 spiro atoms. The number of aromatic nitrogens is 3. The quantitative estimate of drug-likeness (QED) is 0.843. The van der Waals surface area contributed by atoms with Crippen molar-refractivity contribution >= 4 is 11.6 Å². The number of nitrogens with zero attached hydrogens (tertiary/aromatic N) is 3. The first-order valence-corrected chi connectivity index (χ1v) is 6.15. The van der Waals surface area contributed by atoms with E-state index in [2.05, 4.69) is 15.5 Å². The number of para-hydroxylation sites is 1. The molecule has 0 bridgehead atoms. The Morgan fingerprint density at radius 1 is 1.42 bits per heavy atom. The molecule has 0 aliphatic rings. The van der Waals surface area contributed by atoms with Gasteiger partial charge in [0.2, 0.25) is 5.91 Å². The van der Waals surface area contributed by atoms with E-state index in [0.717, 1.165) is 17.1 Å². The zero-order valence-electron chi connectivity index (χ0n) is 10.8. The number of nitrogens with two attached hydrogens (primary N) is 1. The van der Waals surface area contributed by atoms with E-state index in [-0.39, 0.29) is 5.91 Å². The van der Waals surface area contributed by atoms with Gasteiger partial charge in [0.1, 0.15) is 6.33 Å². The molecule has 2 aromatic rings. The van der Waals surface area contributed by atoms with Gasteiger partial charge in [0, 0.05) is 19.0 Å². The molecule has 0 unspecified atom stereocenters. The lowest BCUT2D eigenvalue weighted by Crippen LogP contribution is -2.14. The second-order valence-electron chi connectivity index (χ2n) is 4.25. The fraction of sp³-hybridized carbons (Fsp3) is 0.308. The van der Waals surface area contributed by atoms with Crippen LogP contribution in [0.15, 0.2) is 30.6 Å². The summed E-state index contributed by atoms with van der Waals surface area (Å²) in [5.74, 6) is 0.676. The number of rotatable bonds is 5. The maximum atomic E-state index is 11.8. The van der Waals surface area contributed by atoms with Crippen LogP contribution in [0.5, 0.6) is 0 Å². The highest BCUT2D eigenvalue weighted by Gasteiger charge is 2.11. The summed E-state index contributed by atoms with van der Waals surface area (Å²) in [6.45, 7) is 0.512. The molecule has 0 saturated carbocycles. The van der Waals surface area contributed by atoms with Crippen LogP contribution in [0.2, 0.25) is 0 Å². The molecule has 0 saturated heterocycles. The number of nitrogens with one attached hydrogen (secondary N) is 1. The van der Waals surface area contributed by atoms with Crippen molar-refractivity contribution in [2.45, 2.75) is 12.8 Å². The highest BCUT2D eigenvalue weighted by molar-refractivity contribution is 5.94. The van der Waals surface area contributed by atoms with Gasteiger partial charge in [0.25, 0.3) is 0 Å². The smallest absolute Gasteiger partial charge is 0.224 e. The standard InChI is InChI=1S/C13H17N5O/c1-18-9-15-17-13(18)10-5-2-3-6-11(10)16-12(19)7-4-8-14/h2-3,5-6,9H,4,7-8,14H2,1H3,(H,16,19). The van der Waals surface area contributed by atoms with Crippen LogP contribution in [0.25, 0.3) is 11.4 Å². The van der Waals surface area contributed by atoms with Crippen molar-refractivity contribution in [1.29, 1.82) is 0 Å². The third-order valence-electron chi connectivity index (χ3n) is 2.76. The normalized spacial score (nSPS) is 10.4. The molecule has 19 heavy (non-hydrogen) atoms. The van der Waals surface area contributed by atoms with Crippen LogP contribution in [-0.4, -0.2) is 27.2 Å². The van der Waals surface area contributed by atoms with Crippen LogP contribution in [0.1, 0.15) is 12.8 Å². The minimum atomic E-state index is -0.0416.